The molecule has 0 bridgehead atoms. The number of pyridine rings is 1. The van der Waals surface area contributed by atoms with Crippen molar-refractivity contribution < 1.29 is 23.9 Å². The minimum atomic E-state index is -1.01. The SMILES string of the molecule is C=CC1CC1(NC(=O)C1C(C)C(Oc2cc(-c3nc(C(C)C)cs3)nc3c(C)c(OC)ccc23)CN1C(=O)C(N)C(C)(C)C)C(C)=O. The number of ether oxygens (including phenoxy) is 2. The molecule has 252 valence electrons. The number of hydrogen-bond donors (Lipinski definition) is 2. The molecular formula is C36H47N5O5S. The van der Waals surface area contributed by atoms with Gasteiger partial charge in [-0.15, -0.1) is 17.9 Å². The number of nitrogens with zero attached hydrogens (tertiary/aromatic N) is 3. The van der Waals surface area contributed by atoms with Gasteiger partial charge in [-0.3, -0.25) is 14.4 Å². The maximum atomic E-state index is 14.1. The van der Waals surface area contributed by atoms with Gasteiger partial charge in [-0.25, -0.2) is 9.97 Å². The molecular weight excluding hydrogens is 614 g/mol. The molecule has 6 atom stereocenters. The van der Waals surface area contributed by atoms with E-state index in [-0.39, 0.29) is 30.1 Å². The maximum absolute atomic E-state index is 14.1. The largest absolute Gasteiger partial charge is 0.496 e. The third-order valence-electron chi connectivity index (χ3n) is 9.80. The molecule has 1 aromatic carbocycles. The first-order valence-corrected chi connectivity index (χ1v) is 17.0. The number of carbonyl (C=O) groups excluding carboxylic acids is 3. The van der Waals surface area contributed by atoms with E-state index < -0.39 is 41.0 Å². The van der Waals surface area contributed by atoms with Crippen LogP contribution in [0, 0.1) is 24.2 Å². The van der Waals surface area contributed by atoms with Crippen molar-refractivity contribution in [3.63, 3.8) is 0 Å². The van der Waals surface area contributed by atoms with E-state index in [0.29, 0.717) is 29.1 Å². The predicted molar refractivity (Wildman–Crippen MR) is 185 cm³/mol. The fraction of sp³-hybridized carbons (Fsp3) is 0.528. The molecule has 0 spiro atoms. The summed E-state index contributed by atoms with van der Waals surface area (Å²) in [6, 6.07) is 3.93. The first-order valence-electron chi connectivity index (χ1n) is 16.2. The molecule has 47 heavy (non-hydrogen) atoms. The van der Waals surface area contributed by atoms with Crippen molar-refractivity contribution in [2.24, 2.45) is 23.0 Å². The van der Waals surface area contributed by atoms with Gasteiger partial charge in [-0.05, 0) is 43.7 Å². The van der Waals surface area contributed by atoms with Gasteiger partial charge in [0, 0.05) is 34.2 Å². The molecule has 2 aromatic heterocycles. The summed E-state index contributed by atoms with van der Waals surface area (Å²) in [6.45, 7) is 19.2. The summed E-state index contributed by atoms with van der Waals surface area (Å²) >= 11 is 1.52. The fourth-order valence-corrected chi connectivity index (χ4v) is 7.34. The molecule has 1 saturated carbocycles. The molecule has 10 nitrogen and oxygen atoms in total. The second kappa shape index (κ2) is 12.6. The zero-order chi connectivity index (χ0) is 34.6. The molecule has 3 heterocycles. The molecule has 6 unspecified atom stereocenters. The van der Waals surface area contributed by atoms with E-state index in [1.54, 1.807) is 13.2 Å². The van der Waals surface area contributed by atoms with Gasteiger partial charge >= 0.3 is 0 Å². The highest BCUT2D eigenvalue weighted by atomic mass is 32.1. The van der Waals surface area contributed by atoms with E-state index in [0.717, 1.165) is 21.7 Å². The zero-order valence-corrected chi connectivity index (χ0v) is 29.7. The average molecular weight is 662 g/mol. The molecule has 2 fully saturated rings. The smallest absolute Gasteiger partial charge is 0.244 e. The van der Waals surface area contributed by atoms with E-state index >= 15 is 0 Å². The Morgan fingerprint density at radius 2 is 1.91 bits per heavy atom. The lowest BCUT2D eigenvalue weighted by Crippen LogP contribution is -2.58. The van der Waals surface area contributed by atoms with Gasteiger partial charge in [0.15, 0.2) is 5.78 Å². The van der Waals surface area contributed by atoms with Gasteiger partial charge in [0.25, 0.3) is 0 Å². The number of Topliss-reactive ketones (excluding diaryl/α,β-unsaturated/α-hetero) is 1. The molecule has 5 rings (SSSR count). The fourth-order valence-electron chi connectivity index (χ4n) is 6.40. The first-order chi connectivity index (χ1) is 22.0. The van der Waals surface area contributed by atoms with Gasteiger partial charge in [-0.1, -0.05) is 47.6 Å². The standard InChI is InChI=1S/C36H47N5O5S/c1-11-22-15-36(22,21(6)42)40-32(43)30-20(5)28(16-41(30)34(44)31(37)35(7,8)9)46-27-14-24(33-39-25(17-47-33)18(2)3)38-29-19(4)26(45-10)13-12-23(27)29/h11-14,17-18,20,22,28,30-31H,1,15-16,37H2,2-10H3,(H,40,43). The monoisotopic (exact) mass is 661 g/mol. The quantitative estimate of drug-likeness (QED) is 0.275. The number of aryl methyl sites for hydroxylation is 1. The highest BCUT2D eigenvalue weighted by molar-refractivity contribution is 7.13. The number of rotatable bonds is 10. The van der Waals surface area contributed by atoms with Crippen molar-refractivity contribution >= 4 is 39.8 Å². The first kappa shape index (κ1) is 34.5. The minimum absolute atomic E-state index is 0.136. The maximum Gasteiger partial charge on any atom is 0.244 e. The predicted octanol–water partition coefficient (Wildman–Crippen LogP) is 5.42. The Balaban J connectivity index is 1.56. The summed E-state index contributed by atoms with van der Waals surface area (Å²) in [6.07, 6.45) is 1.62. The molecule has 3 aromatic rings. The topological polar surface area (TPSA) is 137 Å². The van der Waals surface area contributed by atoms with Crippen LogP contribution in [-0.4, -0.2) is 69.8 Å². The van der Waals surface area contributed by atoms with Crippen molar-refractivity contribution in [1.82, 2.24) is 20.2 Å². The summed E-state index contributed by atoms with van der Waals surface area (Å²) in [5, 5.41) is 6.58. The van der Waals surface area contributed by atoms with E-state index in [2.05, 4.69) is 25.7 Å². The number of nitrogens with two attached hydrogens (primary N) is 1. The highest BCUT2D eigenvalue weighted by Crippen LogP contribution is 2.46. The number of fused-ring (bicyclic) bond motifs is 1. The Kier molecular flexibility index (Phi) is 9.29. The number of hydrogen-bond acceptors (Lipinski definition) is 9. The Morgan fingerprint density at radius 3 is 2.47 bits per heavy atom. The van der Waals surface area contributed by atoms with E-state index in [1.165, 1.54) is 23.2 Å². The van der Waals surface area contributed by atoms with E-state index in [9.17, 15) is 14.4 Å². The molecule has 2 aliphatic rings. The van der Waals surface area contributed by atoms with Crippen LogP contribution in [0.5, 0.6) is 11.5 Å². The number of ketones is 1. The highest BCUT2D eigenvalue weighted by Gasteiger charge is 2.59. The number of methoxy groups -OCH3 is 1. The Morgan fingerprint density at radius 1 is 1.21 bits per heavy atom. The number of aromatic nitrogens is 2. The molecule has 11 heteroatoms. The second-order valence-corrected chi connectivity index (χ2v) is 15.2. The number of benzene rings is 1. The van der Waals surface area contributed by atoms with Gasteiger partial charge in [0.05, 0.1) is 30.9 Å². The van der Waals surface area contributed by atoms with Crippen LogP contribution in [0.1, 0.15) is 72.1 Å². The van der Waals surface area contributed by atoms with Crippen LogP contribution >= 0.6 is 11.3 Å². The normalized spacial score (nSPS) is 24.7. The molecule has 0 radical (unpaired) electrons. The van der Waals surface area contributed by atoms with Crippen LogP contribution in [0.15, 0.2) is 36.2 Å². The second-order valence-electron chi connectivity index (χ2n) is 14.4. The summed E-state index contributed by atoms with van der Waals surface area (Å²) in [7, 11) is 1.62. The van der Waals surface area contributed by atoms with Crippen molar-refractivity contribution in [1.29, 1.82) is 0 Å². The molecule has 1 aliphatic heterocycles. The van der Waals surface area contributed by atoms with E-state index in [4.69, 9.17) is 25.2 Å². The lowest BCUT2D eigenvalue weighted by molar-refractivity contribution is -0.142. The van der Waals surface area contributed by atoms with Crippen LogP contribution in [0.3, 0.4) is 0 Å². The Hall–Kier alpha value is -3.83. The molecule has 2 amide bonds. The van der Waals surface area contributed by atoms with Gasteiger partial charge in [0.1, 0.15) is 39.9 Å². The number of likely N-dealkylation sites (tertiary alicyclic amines) is 1. The lowest BCUT2D eigenvalue weighted by atomic mass is 9.86. The van der Waals surface area contributed by atoms with Crippen LogP contribution in [0.4, 0.5) is 0 Å². The number of carbonyl (C=O) groups is 3. The third-order valence-corrected chi connectivity index (χ3v) is 10.7. The van der Waals surface area contributed by atoms with Crippen LogP contribution in [0.25, 0.3) is 21.6 Å². The number of amides is 2. The summed E-state index contributed by atoms with van der Waals surface area (Å²) in [4.78, 5) is 52.1. The summed E-state index contributed by atoms with van der Waals surface area (Å²) in [5.41, 5.74) is 8.15. The van der Waals surface area contributed by atoms with Crippen molar-refractivity contribution in [3.05, 3.63) is 47.5 Å². The summed E-state index contributed by atoms with van der Waals surface area (Å²) < 4.78 is 12.4. The molecule has 3 N–H and O–H groups in total. The summed E-state index contributed by atoms with van der Waals surface area (Å²) in [5.74, 6) is 0.0664. The van der Waals surface area contributed by atoms with Gasteiger partial charge < -0.3 is 25.4 Å². The third kappa shape index (κ3) is 6.27. The van der Waals surface area contributed by atoms with Crippen LogP contribution in [-0.2, 0) is 14.4 Å². The zero-order valence-electron chi connectivity index (χ0n) is 28.8. The Bertz CT molecular complexity index is 1730. The number of nitrogens with one attached hydrogen (secondary N) is 1. The molecule has 1 saturated heterocycles. The van der Waals surface area contributed by atoms with Gasteiger partial charge in [-0.2, -0.15) is 0 Å². The van der Waals surface area contributed by atoms with Crippen LogP contribution in [0.2, 0.25) is 0 Å². The van der Waals surface area contributed by atoms with Crippen LogP contribution < -0.4 is 20.5 Å². The van der Waals surface area contributed by atoms with Crippen molar-refractivity contribution in [2.75, 3.05) is 13.7 Å². The number of thiazole rings is 1. The van der Waals surface area contributed by atoms with E-state index in [1.807, 2.05) is 58.2 Å². The minimum Gasteiger partial charge on any atom is -0.496 e. The van der Waals surface area contributed by atoms with Crippen molar-refractivity contribution in [2.45, 2.75) is 91.5 Å². The van der Waals surface area contributed by atoms with Crippen molar-refractivity contribution in [3.8, 4) is 22.2 Å². The molecule has 1 aliphatic carbocycles. The lowest BCUT2D eigenvalue weighted by Gasteiger charge is -2.33. The average Bonchev–Trinajstić information content (AvgIpc) is 3.33. The Labute approximate surface area is 281 Å². The van der Waals surface area contributed by atoms with Gasteiger partial charge in [0.2, 0.25) is 11.8 Å².